The molecule has 4 rings (SSSR count). The second-order valence-electron chi connectivity index (χ2n) is 7.20. The first kappa shape index (κ1) is 19.4. The number of hydrogen-bond acceptors (Lipinski definition) is 5. The van der Waals surface area contributed by atoms with E-state index in [4.69, 9.17) is 4.52 Å². The van der Waals surface area contributed by atoms with E-state index in [1.807, 2.05) is 6.92 Å². The Hall–Kier alpha value is -2.91. The lowest BCUT2D eigenvalue weighted by Crippen LogP contribution is -2.40. The molecule has 0 radical (unpaired) electrons. The first-order valence-electron chi connectivity index (χ1n) is 9.43. The average Bonchev–Trinajstić information content (AvgIpc) is 3.33. The molecule has 3 aromatic rings. The Morgan fingerprint density at radius 3 is 2.90 bits per heavy atom. The minimum Gasteiger partial charge on any atom is -0.337 e. The van der Waals surface area contributed by atoms with Gasteiger partial charge in [-0.25, -0.2) is 9.97 Å². The molecule has 0 aromatic carbocycles. The number of halogens is 3. The highest BCUT2D eigenvalue weighted by atomic mass is 19.4. The Morgan fingerprint density at radius 1 is 1.38 bits per heavy atom. The molecule has 4 heterocycles. The summed E-state index contributed by atoms with van der Waals surface area (Å²) in [6, 6.07) is 1.07. The van der Waals surface area contributed by atoms with Crippen LogP contribution >= 0.6 is 0 Å². The molecule has 1 saturated heterocycles. The number of pyridine rings is 1. The molecule has 1 aliphatic heterocycles. The quantitative estimate of drug-likeness (QED) is 0.660. The zero-order chi connectivity index (χ0) is 20.8. The van der Waals surface area contributed by atoms with Gasteiger partial charge < -0.3 is 14.0 Å². The maximum Gasteiger partial charge on any atom is 0.417 e. The number of hydrogen-bond donors (Lipinski definition) is 0. The smallest absolute Gasteiger partial charge is 0.337 e. The standard InChI is InChI=1S/C19H20F3N5O2/c1-3-26-10-23-8-15(26)18(28)27-6-4-5-12(9-27)14-7-13(19(20,21)22)16-11(2)25-29-17(16)24-14/h7-8,10,12H,3-6,9H2,1-2H3/t12-/m1/s1. The Bertz CT molecular complexity index is 1060. The lowest BCUT2D eigenvalue weighted by molar-refractivity contribution is -0.136. The maximum absolute atomic E-state index is 13.6. The van der Waals surface area contributed by atoms with E-state index in [0.29, 0.717) is 31.6 Å². The molecule has 1 fully saturated rings. The summed E-state index contributed by atoms with van der Waals surface area (Å²) in [5.74, 6) is -0.497. The van der Waals surface area contributed by atoms with Gasteiger partial charge in [0.25, 0.3) is 11.6 Å². The Labute approximate surface area is 164 Å². The molecule has 29 heavy (non-hydrogen) atoms. The molecule has 1 amide bonds. The van der Waals surface area contributed by atoms with Crippen LogP contribution in [-0.4, -0.2) is 43.6 Å². The third-order valence-corrected chi connectivity index (χ3v) is 5.34. The van der Waals surface area contributed by atoms with Gasteiger partial charge in [-0.05, 0) is 32.8 Å². The van der Waals surface area contributed by atoms with Crippen LogP contribution < -0.4 is 0 Å². The zero-order valence-corrected chi connectivity index (χ0v) is 16.0. The summed E-state index contributed by atoms with van der Waals surface area (Å²) >= 11 is 0. The van der Waals surface area contributed by atoms with E-state index < -0.39 is 11.7 Å². The topological polar surface area (TPSA) is 77.0 Å². The van der Waals surface area contributed by atoms with Gasteiger partial charge in [0.15, 0.2) is 0 Å². The molecule has 0 aliphatic carbocycles. The van der Waals surface area contributed by atoms with E-state index in [-0.39, 0.29) is 40.9 Å². The maximum atomic E-state index is 13.6. The highest BCUT2D eigenvalue weighted by molar-refractivity contribution is 5.92. The van der Waals surface area contributed by atoms with Crippen LogP contribution in [0.1, 0.15) is 53.1 Å². The number of aromatic nitrogens is 4. The number of likely N-dealkylation sites (tertiary alicyclic amines) is 1. The van der Waals surface area contributed by atoms with Crippen molar-refractivity contribution >= 4 is 17.0 Å². The molecule has 1 atom stereocenters. The van der Waals surface area contributed by atoms with Crippen LogP contribution in [0.5, 0.6) is 0 Å². The van der Waals surface area contributed by atoms with Gasteiger partial charge in [-0.2, -0.15) is 13.2 Å². The van der Waals surface area contributed by atoms with Gasteiger partial charge in [-0.15, -0.1) is 0 Å². The summed E-state index contributed by atoms with van der Waals surface area (Å²) in [4.78, 5) is 22.9. The van der Waals surface area contributed by atoms with E-state index in [1.165, 1.54) is 13.1 Å². The van der Waals surface area contributed by atoms with E-state index in [2.05, 4.69) is 15.1 Å². The fourth-order valence-electron chi connectivity index (χ4n) is 3.86. The fraction of sp³-hybridized carbons (Fsp3) is 0.474. The van der Waals surface area contributed by atoms with Crippen molar-refractivity contribution in [3.63, 3.8) is 0 Å². The predicted octanol–water partition coefficient (Wildman–Crippen LogP) is 3.79. The van der Waals surface area contributed by atoms with Crippen LogP contribution in [0.2, 0.25) is 0 Å². The minimum absolute atomic E-state index is 0.114. The van der Waals surface area contributed by atoms with Gasteiger partial charge in [0.05, 0.1) is 34.9 Å². The molecule has 1 aliphatic rings. The van der Waals surface area contributed by atoms with Crippen molar-refractivity contribution in [2.75, 3.05) is 13.1 Å². The fourth-order valence-corrected chi connectivity index (χ4v) is 3.86. The molecule has 7 nitrogen and oxygen atoms in total. The van der Waals surface area contributed by atoms with Crippen LogP contribution in [-0.2, 0) is 12.7 Å². The van der Waals surface area contributed by atoms with Gasteiger partial charge in [-0.3, -0.25) is 4.79 Å². The number of nitrogens with zero attached hydrogens (tertiary/aromatic N) is 5. The minimum atomic E-state index is -4.55. The van der Waals surface area contributed by atoms with Crippen LogP contribution in [0.4, 0.5) is 13.2 Å². The van der Waals surface area contributed by atoms with Gasteiger partial charge in [0.1, 0.15) is 5.69 Å². The monoisotopic (exact) mass is 407 g/mol. The first-order chi connectivity index (χ1) is 13.8. The number of carbonyl (C=O) groups excluding carboxylic acids is 1. The summed E-state index contributed by atoms with van der Waals surface area (Å²) in [6.07, 6.45) is -0.137. The van der Waals surface area contributed by atoms with Gasteiger partial charge in [-0.1, -0.05) is 5.16 Å². The summed E-state index contributed by atoms with van der Waals surface area (Å²) in [5.41, 5.74) is -0.0379. The Balaban J connectivity index is 1.66. The lowest BCUT2D eigenvalue weighted by Gasteiger charge is -2.32. The summed E-state index contributed by atoms with van der Waals surface area (Å²) < 4.78 is 47.6. The van der Waals surface area contributed by atoms with Crippen molar-refractivity contribution in [2.24, 2.45) is 0 Å². The molecule has 0 saturated carbocycles. The van der Waals surface area contributed by atoms with Crippen molar-refractivity contribution in [2.45, 2.75) is 45.3 Å². The van der Waals surface area contributed by atoms with Crippen molar-refractivity contribution < 1.29 is 22.5 Å². The predicted molar refractivity (Wildman–Crippen MR) is 97.3 cm³/mol. The number of carbonyl (C=O) groups is 1. The number of fused-ring (bicyclic) bond motifs is 1. The second kappa shape index (κ2) is 7.16. The van der Waals surface area contributed by atoms with Crippen LogP contribution in [0.3, 0.4) is 0 Å². The Kier molecular flexibility index (Phi) is 4.79. The van der Waals surface area contributed by atoms with E-state index in [1.54, 1.807) is 15.8 Å². The van der Waals surface area contributed by atoms with Gasteiger partial charge >= 0.3 is 6.18 Å². The molecular weight excluding hydrogens is 387 g/mol. The van der Waals surface area contributed by atoms with E-state index in [0.717, 1.165) is 6.07 Å². The average molecular weight is 407 g/mol. The molecule has 3 aromatic heterocycles. The number of piperidine rings is 1. The van der Waals surface area contributed by atoms with Crippen molar-refractivity contribution in [3.8, 4) is 0 Å². The van der Waals surface area contributed by atoms with Crippen LogP contribution in [0.25, 0.3) is 11.1 Å². The van der Waals surface area contributed by atoms with Crippen LogP contribution in [0.15, 0.2) is 23.1 Å². The molecule has 0 N–H and O–H groups in total. The number of amides is 1. The van der Waals surface area contributed by atoms with Gasteiger partial charge in [0, 0.05) is 25.6 Å². The molecule has 154 valence electrons. The molecule has 0 unspecified atom stereocenters. The first-order valence-corrected chi connectivity index (χ1v) is 9.43. The molecular formula is C19H20F3N5O2. The summed E-state index contributed by atoms with van der Waals surface area (Å²) in [5, 5.41) is 3.53. The van der Waals surface area contributed by atoms with Crippen molar-refractivity contribution in [3.05, 3.63) is 41.2 Å². The van der Waals surface area contributed by atoms with Crippen molar-refractivity contribution in [1.82, 2.24) is 24.6 Å². The molecule has 0 spiro atoms. The molecule has 10 heteroatoms. The number of alkyl halides is 3. The largest absolute Gasteiger partial charge is 0.417 e. The Morgan fingerprint density at radius 2 is 2.17 bits per heavy atom. The summed E-state index contributed by atoms with van der Waals surface area (Å²) in [7, 11) is 0. The van der Waals surface area contributed by atoms with Gasteiger partial charge in [0.2, 0.25) is 0 Å². The highest BCUT2D eigenvalue weighted by Crippen LogP contribution is 2.38. The molecule has 0 bridgehead atoms. The van der Waals surface area contributed by atoms with E-state index >= 15 is 0 Å². The number of aryl methyl sites for hydroxylation is 2. The number of rotatable bonds is 3. The summed E-state index contributed by atoms with van der Waals surface area (Å²) in [6.45, 7) is 4.81. The lowest BCUT2D eigenvalue weighted by atomic mass is 9.92. The second-order valence-corrected chi connectivity index (χ2v) is 7.20. The zero-order valence-electron chi connectivity index (χ0n) is 16.0. The SMILES string of the molecule is CCn1cncc1C(=O)N1CCC[C@@H](c2cc(C(F)(F)F)c3c(C)noc3n2)C1. The normalized spacial score (nSPS) is 17.8. The highest BCUT2D eigenvalue weighted by Gasteiger charge is 2.37. The third kappa shape index (κ3) is 3.47. The van der Waals surface area contributed by atoms with Crippen LogP contribution in [0, 0.1) is 6.92 Å². The van der Waals surface area contributed by atoms with E-state index in [9.17, 15) is 18.0 Å². The van der Waals surface area contributed by atoms with Crippen molar-refractivity contribution in [1.29, 1.82) is 0 Å². The number of imidazole rings is 1. The third-order valence-electron chi connectivity index (χ3n) is 5.34.